The molecule has 1 atom stereocenters. The molecule has 3 N–H and O–H groups in total. The molecular formula is C12H24N2O2S. The van der Waals surface area contributed by atoms with Gasteiger partial charge in [0, 0.05) is 5.25 Å². The molecule has 1 rings (SSSR count). The van der Waals surface area contributed by atoms with Crippen LogP contribution >= 0.6 is 11.8 Å². The summed E-state index contributed by atoms with van der Waals surface area (Å²) < 4.78 is 0. The van der Waals surface area contributed by atoms with Crippen molar-refractivity contribution in [1.82, 2.24) is 10.6 Å². The molecule has 0 aromatic rings. The topological polar surface area (TPSA) is 61.4 Å². The molecule has 0 saturated carbocycles. The van der Waals surface area contributed by atoms with Crippen molar-refractivity contribution in [2.75, 3.05) is 18.8 Å². The molecule has 1 heterocycles. The third-order valence-corrected chi connectivity index (χ3v) is 4.61. The summed E-state index contributed by atoms with van der Waals surface area (Å²) in [4.78, 5) is 11.7. The standard InChI is InChI=1S/C12H24N2O2S/c1-9(15)12(2,3)14-11(16)8-17-10-4-6-13-7-5-10/h9-10,13,15H,4-8H2,1-3H3,(H,14,16). The Morgan fingerprint density at radius 2 is 2.12 bits per heavy atom. The van der Waals surface area contributed by atoms with E-state index in [1.807, 2.05) is 13.8 Å². The highest BCUT2D eigenvalue weighted by atomic mass is 32.2. The average Bonchev–Trinajstić information content (AvgIpc) is 2.27. The molecule has 1 amide bonds. The van der Waals surface area contributed by atoms with E-state index in [1.165, 1.54) is 0 Å². The predicted octanol–water partition coefficient (Wildman–Crippen LogP) is 0.747. The lowest BCUT2D eigenvalue weighted by atomic mass is 9.99. The Labute approximate surface area is 108 Å². The fourth-order valence-corrected chi connectivity index (χ4v) is 2.68. The van der Waals surface area contributed by atoms with Gasteiger partial charge in [-0.1, -0.05) is 0 Å². The van der Waals surface area contributed by atoms with Gasteiger partial charge in [0.25, 0.3) is 0 Å². The lowest BCUT2D eigenvalue weighted by Crippen LogP contribution is -2.51. The van der Waals surface area contributed by atoms with Crippen molar-refractivity contribution < 1.29 is 9.90 Å². The van der Waals surface area contributed by atoms with E-state index in [0.717, 1.165) is 25.9 Å². The molecule has 1 aliphatic heterocycles. The molecule has 1 saturated heterocycles. The SMILES string of the molecule is CC(O)C(C)(C)NC(=O)CSC1CCNCC1. The summed E-state index contributed by atoms with van der Waals surface area (Å²) in [6, 6.07) is 0. The third kappa shape index (κ3) is 5.27. The van der Waals surface area contributed by atoms with Gasteiger partial charge >= 0.3 is 0 Å². The minimum atomic E-state index is -0.550. The first-order valence-corrected chi connectivity index (χ1v) is 7.28. The molecule has 0 aromatic heterocycles. The molecule has 100 valence electrons. The Bertz CT molecular complexity index is 251. The number of aliphatic hydroxyl groups excluding tert-OH is 1. The Kier molecular flexibility index (Phi) is 5.76. The van der Waals surface area contributed by atoms with Crippen LogP contribution in [0.1, 0.15) is 33.6 Å². The van der Waals surface area contributed by atoms with Crippen LogP contribution in [-0.4, -0.2) is 46.7 Å². The van der Waals surface area contributed by atoms with E-state index in [-0.39, 0.29) is 5.91 Å². The van der Waals surface area contributed by atoms with Gasteiger partial charge in [0.2, 0.25) is 5.91 Å². The summed E-state index contributed by atoms with van der Waals surface area (Å²) in [6.45, 7) is 7.48. The molecule has 5 heteroatoms. The van der Waals surface area contributed by atoms with Crippen molar-refractivity contribution >= 4 is 17.7 Å². The monoisotopic (exact) mass is 260 g/mol. The number of hydrogen-bond donors (Lipinski definition) is 3. The molecule has 1 fully saturated rings. The normalized spacial score (nSPS) is 20.0. The maximum absolute atomic E-state index is 11.7. The minimum Gasteiger partial charge on any atom is -0.391 e. The van der Waals surface area contributed by atoms with Crippen LogP contribution in [0, 0.1) is 0 Å². The van der Waals surface area contributed by atoms with Gasteiger partial charge in [-0.15, -0.1) is 11.8 Å². The Morgan fingerprint density at radius 3 is 2.65 bits per heavy atom. The van der Waals surface area contributed by atoms with Gasteiger partial charge in [-0.05, 0) is 46.7 Å². The maximum atomic E-state index is 11.7. The van der Waals surface area contributed by atoms with Gasteiger partial charge in [0.05, 0.1) is 17.4 Å². The smallest absolute Gasteiger partial charge is 0.230 e. The highest BCUT2D eigenvalue weighted by Crippen LogP contribution is 2.20. The molecule has 0 bridgehead atoms. The third-order valence-electron chi connectivity index (χ3n) is 3.24. The number of amides is 1. The van der Waals surface area contributed by atoms with E-state index in [0.29, 0.717) is 11.0 Å². The quantitative estimate of drug-likeness (QED) is 0.682. The average molecular weight is 260 g/mol. The van der Waals surface area contributed by atoms with Crippen LogP contribution in [0.15, 0.2) is 0 Å². The largest absolute Gasteiger partial charge is 0.391 e. The van der Waals surface area contributed by atoms with Crippen LogP contribution in [-0.2, 0) is 4.79 Å². The second kappa shape index (κ2) is 6.61. The number of hydrogen-bond acceptors (Lipinski definition) is 4. The van der Waals surface area contributed by atoms with Gasteiger partial charge in [0.1, 0.15) is 0 Å². The highest BCUT2D eigenvalue weighted by molar-refractivity contribution is 8.00. The van der Waals surface area contributed by atoms with Gasteiger partial charge in [-0.2, -0.15) is 0 Å². The first kappa shape index (κ1) is 14.8. The van der Waals surface area contributed by atoms with Crippen LogP contribution in [0.4, 0.5) is 0 Å². The summed E-state index contributed by atoms with van der Waals surface area (Å²) >= 11 is 1.72. The van der Waals surface area contributed by atoms with Gasteiger partial charge in [-0.3, -0.25) is 4.79 Å². The number of piperidine rings is 1. The number of thioether (sulfide) groups is 1. The van der Waals surface area contributed by atoms with E-state index in [2.05, 4.69) is 10.6 Å². The molecule has 0 radical (unpaired) electrons. The molecule has 4 nitrogen and oxygen atoms in total. The molecule has 1 aliphatic rings. The van der Waals surface area contributed by atoms with Crippen LogP contribution in [0.25, 0.3) is 0 Å². The molecule has 0 aliphatic carbocycles. The fourth-order valence-electron chi connectivity index (χ4n) is 1.66. The second-order valence-corrected chi connectivity index (χ2v) is 6.49. The summed E-state index contributed by atoms with van der Waals surface area (Å²) in [5.41, 5.74) is -0.550. The first-order chi connectivity index (χ1) is 7.92. The second-order valence-electron chi connectivity index (χ2n) is 5.21. The zero-order valence-corrected chi connectivity index (χ0v) is 11.8. The first-order valence-electron chi connectivity index (χ1n) is 6.23. The van der Waals surface area contributed by atoms with Gasteiger partial charge in [0.15, 0.2) is 0 Å². The van der Waals surface area contributed by atoms with Crippen LogP contribution in [0.5, 0.6) is 0 Å². The Morgan fingerprint density at radius 1 is 1.53 bits per heavy atom. The molecule has 0 aromatic carbocycles. The van der Waals surface area contributed by atoms with Crippen molar-refractivity contribution in [2.24, 2.45) is 0 Å². The molecular weight excluding hydrogens is 236 g/mol. The summed E-state index contributed by atoms with van der Waals surface area (Å²) in [5, 5.41) is 16.3. The predicted molar refractivity (Wildman–Crippen MR) is 72.3 cm³/mol. The fraction of sp³-hybridized carbons (Fsp3) is 0.917. The Hall–Kier alpha value is -0.260. The van der Waals surface area contributed by atoms with Crippen molar-refractivity contribution in [2.45, 2.75) is 50.5 Å². The summed E-state index contributed by atoms with van der Waals surface area (Å²) in [6.07, 6.45) is 1.73. The van der Waals surface area contributed by atoms with Crippen molar-refractivity contribution in [3.63, 3.8) is 0 Å². The minimum absolute atomic E-state index is 0.0134. The number of rotatable bonds is 5. The van der Waals surface area contributed by atoms with E-state index >= 15 is 0 Å². The lowest BCUT2D eigenvalue weighted by molar-refractivity contribution is -0.121. The Balaban J connectivity index is 2.25. The van der Waals surface area contributed by atoms with Gasteiger partial charge in [-0.25, -0.2) is 0 Å². The summed E-state index contributed by atoms with van der Waals surface area (Å²) in [5.74, 6) is 0.500. The zero-order chi connectivity index (χ0) is 12.9. The van der Waals surface area contributed by atoms with Crippen LogP contribution in [0.2, 0.25) is 0 Å². The van der Waals surface area contributed by atoms with Crippen LogP contribution in [0.3, 0.4) is 0 Å². The van der Waals surface area contributed by atoms with Crippen LogP contribution < -0.4 is 10.6 Å². The number of carbonyl (C=O) groups is 1. The zero-order valence-electron chi connectivity index (χ0n) is 11.0. The maximum Gasteiger partial charge on any atom is 0.230 e. The van der Waals surface area contributed by atoms with Gasteiger partial charge < -0.3 is 15.7 Å². The number of aliphatic hydroxyl groups is 1. The van der Waals surface area contributed by atoms with Crippen molar-refractivity contribution in [3.8, 4) is 0 Å². The number of nitrogens with one attached hydrogen (secondary N) is 2. The van der Waals surface area contributed by atoms with Crippen molar-refractivity contribution in [1.29, 1.82) is 0 Å². The van der Waals surface area contributed by atoms with E-state index in [9.17, 15) is 9.90 Å². The summed E-state index contributed by atoms with van der Waals surface area (Å²) in [7, 11) is 0. The van der Waals surface area contributed by atoms with E-state index in [1.54, 1.807) is 18.7 Å². The molecule has 0 spiro atoms. The highest BCUT2D eigenvalue weighted by Gasteiger charge is 2.26. The molecule has 1 unspecified atom stereocenters. The molecule has 17 heavy (non-hydrogen) atoms. The lowest BCUT2D eigenvalue weighted by Gasteiger charge is -2.29. The van der Waals surface area contributed by atoms with E-state index in [4.69, 9.17) is 0 Å². The number of carbonyl (C=O) groups excluding carboxylic acids is 1. The van der Waals surface area contributed by atoms with Crippen molar-refractivity contribution in [3.05, 3.63) is 0 Å². The van der Waals surface area contributed by atoms with E-state index < -0.39 is 11.6 Å².